The molecule has 0 unspecified atom stereocenters. The lowest BCUT2D eigenvalue weighted by atomic mass is 10.1. The van der Waals surface area contributed by atoms with Crippen molar-refractivity contribution in [1.82, 2.24) is 4.90 Å². The highest BCUT2D eigenvalue weighted by atomic mass is 32.2. The zero-order valence-corrected chi connectivity index (χ0v) is 17.8. The van der Waals surface area contributed by atoms with Gasteiger partial charge in [-0.05, 0) is 60.2 Å². The van der Waals surface area contributed by atoms with E-state index in [9.17, 15) is 4.79 Å². The summed E-state index contributed by atoms with van der Waals surface area (Å²) in [5.74, 6) is 1.19. The van der Waals surface area contributed by atoms with E-state index in [2.05, 4.69) is 4.99 Å². The van der Waals surface area contributed by atoms with E-state index in [1.165, 1.54) is 11.8 Å². The van der Waals surface area contributed by atoms with Crippen molar-refractivity contribution in [2.45, 2.75) is 6.92 Å². The molecule has 7 heteroatoms. The van der Waals surface area contributed by atoms with Gasteiger partial charge in [-0.1, -0.05) is 18.2 Å². The fourth-order valence-corrected chi connectivity index (χ4v) is 3.89. The summed E-state index contributed by atoms with van der Waals surface area (Å²) in [5.41, 5.74) is 2.68. The van der Waals surface area contributed by atoms with E-state index in [4.69, 9.17) is 14.2 Å². The van der Waals surface area contributed by atoms with Crippen LogP contribution >= 0.6 is 11.8 Å². The molecule has 3 rings (SSSR count). The number of methoxy groups -OCH3 is 3. The van der Waals surface area contributed by atoms with Crippen LogP contribution in [0.2, 0.25) is 0 Å². The second-order valence-corrected chi connectivity index (χ2v) is 7.36. The Labute approximate surface area is 175 Å². The summed E-state index contributed by atoms with van der Waals surface area (Å²) >= 11 is 1.36. The molecular weight excluding hydrogens is 388 g/mol. The van der Waals surface area contributed by atoms with E-state index in [0.29, 0.717) is 34.7 Å². The van der Waals surface area contributed by atoms with Gasteiger partial charge in [-0.25, -0.2) is 4.99 Å². The second-order valence-electron chi connectivity index (χ2n) is 6.35. The third kappa shape index (κ3) is 4.81. The van der Waals surface area contributed by atoms with E-state index in [-0.39, 0.29) is 5.91 Å². The standard InChI is InChI=1S/C22H24N2O4S/c1-15-12-18(27-3)19(28-4)13-16(15)14-20-21(25)24(10-11-26-2)22(29-20)23-17-8-6-5-7-9-17/h5-9,12-14H,10-11H2,1-4H3/b20-14-,23-22?. The van der Waals surface area contributed by atoms with Crippen LogP contribution in [0.1, 0.15) is 11.1 Å². The lowest BCUT2D eigenvalue weighted by Crippen LogP contribution is -2.32. The van der Waals surface area contributed by atoms with Crippen molar-refractivity contribution < 1.29 is 19.0 Å². The van der Waals surface area contributed by atoms with Crippen LogP contribution in [0.15, 0.2) is 52.4 Å². The Hall–Kier alpha value is -2.77. The van der Waals surface area contributed by atoms with Crippen LogP contribution in [-0.4, -0.2) is 50.5 Å². The third-order valence-corrected chi connectivity index (χ3v) is 5.45. The van der Waals surface area contributed by atoms with E-state index in [1.807, 2.05) is 55.5 Å². The number of para-hydroxylation sites is 1. The lowest BCUT2D eigenvalue weighted by Gasteiger charge is -2.14. The van der Waals surface area contributed by atoms with Crippen molar-refractivity contribution in [1.29, 1.82) is 0 Å². The van der Waals surface area contributed by atoms with E-state index in [1.54, 1.807) is 26.2 Å². The molecule has 152 valence electrons. The Morgan fingerprint density at radius 1 is 1.07 bits per heavy atom. The second kappa shape index (κ2) is 9.62. The van der Waals surface area contributed by atoms with Crippen LogP contribution in [0.25, 0.3) is 6.08 Å². The smallest absolute Gasteiger partial charge is 0.266 e. The number of ether oxygens (including phenoxy) is 3. The topological polar surface area (TPSA) is 60.4 Å². The molecule has 1 aliphatic rings. The van der Waals surface area contributed by atoms with Crippen LogP contribution < -0.4 is 9.47 Å². The van der Waals surface area contributed by atoms with Gasteiger partial charge < -0.3 is 14.2 Å². The van der Waals surface area contributed by atoms with Gasteiger partial charge in [-0.2, -0.15) is 0 Å². The number of carbonyl (C=O) groups excluding carboxylic acids is 1. The Kier molecular flexibility index (Phi) is 6.95. The minimum Gasteiger partial charge on any atom is -0.493 e. The highest BCUT2D eigenvalue weighted by Crippen LogP contribution is 2.36. The first-order valence-corrected chi connectivity index (χ1v) is 9.95. The number of hydrogen-bond acceptors (Lipinski definition) is 6. The fourth-order valence-electron chi connectivity index (χ4n) is 2.88. The number of amidine groups is 1. The normalized spacial score (nSPS) is 16.7. The van der Waals surface area contributed by atoms with Crippen LogP contribution in [-0.2, 0) is 9.53 Å². The molecule has 2 aromatic rings. The summed E-state index contributed by atoms with van der Waals surface area (Å²) in [5, 5.41) is 0.641. The van der Waals surface area contributed by atoms with Crippen molar-refractivity contribution in [3.05, 3.63) is 58.5 Å². The maximum Gasteiger partial charge on any atom is 0.266 e. The van der Waals surface area contributed by atoms with Gasteiger partial charge in [0.25, 0.3) is 5.91 Å². The average molecular weight is 413 g/mol. The average Bonchev–Trinajstić information content (AvgIpc) is 3.02. The monoisotopic (exact) mass is 412 g/mol. The van der Waals surface area contributed by atoms with Crippen LogP contribution in [0.3, 0.4) is 0 Å². The first kappa shape index (κ1) is 21.0. The Balaban J connectivity index is 1.98. The predicted octanol–water partition coefficient (Wildman–Crippen LogP) is 4.26. The molecule has 0 bridgehead atoms. The Morgan fingerprint density at radius 3 is 2.41 bits per heavy atom. The minimum atomic E-state index is -0.0871. The molecule has 1 fully saturated rings. The predicted molar refractivity (Wildman–Crippen MR) is 117 cm³/mol. The van der Waals surface area contributed by atoms with Gasteiger partial charge in [0, 0.05) is 7.11 Å². The van der Waals surface area contributed by atoms with Crippen molar-refractivity contribution in [3.8, 4) is 11.5 Å². The van der Waals surface area contributed by atoms with Gasteiger partial charge in [-0.15, -0.1) is 0 Å². The molecular formula is C22H24N2O4S. The SMILES string of the molecule is COCCN1C(=O)/C(=C/c2cc(OC)c(OC)cc2C)SC1=Nc1ccccc1. The summed E-state index contributed by atoms with van der Waals surface area (Å²) in [4.78, 5) is 20.0. The van der Waals surface area contributed by atoms with E-state index >= 15 is 0 Å². The summed E-state index contributed by atoms with van der Waals surface area (Å²) in [6.07, 6.45) is 1.87. The lowest BCUT2D eigenvalue weighted by molar-refractivity contribution is -0.122. The van der Waals surface area contributed by atoms with Gasteiger partial charge in [0.05, 0.1) is 38.0 Å². The maximum absolute atomic E-state index is 13.0. The van der Waals surface area contributed by atoms with Gasteiger partial charge in [0.2, 0.25) is 0 Å². The summed E-state index contributed by atoms with van der Waals surface area (Å²) in [6.45, 7) is 2.85. The van der Waals surface area contributed by atoms with Gasteiger partial charge in [-0.3, -0.25) is 9.69 Å². The molecule has 1 aliphatic heterocycles. The molecule has 6 nitrogen and oxygen atoms in total. The van der Waals surface area contributed by atoms with Crippen molar-refractivity contribution in [2.75, 3.05) is 34.5 Å². The molecule has 0 atom stereocenters. The molecule has 0 radical (unpaired) electrons. The molecule has 0 aromatic heterocycles. The van der Waals surface area contributed by atoms with Gasteiger partial charge in [0.1, 0.15) is 0 Å². The van der Waals surface area contributed by atoms with Gasteiger partial charge in [0.15, 0.2) is 16.7 Å². The molecule has 1 amide bonds. The number of carbonyl (C=O) groups is 1. The largest absolute Gasteiger partial charge is 0.493 e. The zero-order valence-electron chi connectivity index (χ0n) is 17.0. The first-order chi connectivity index (χ1) is 14.1. The Bertz CT molecular complexity index is 941. The number of aryl methyl sites for hydroxylation is 1. The molecule has 0 aliphatic carbocycles. The molecule has 29 heavy (non-hydrogen) atoms. The Morgan fingerprint density at radius 2 is 1.76 bits per heavy atom. The van der Waals surface area contributed by atoms with Crippen LogP contribution in [0.4, 0.5) is 5.69 Å². The van der Waals surface area contributed by atoms with Crippen LogP contribution in [0, 0.1) is 6.92 Å². The summed E-state index contributed by atoms with van der Waals surface area (Å²) in [7, 11) is 4.81. The van der Waals surface area contributed by atoms with Crippen LogP contribution in [0.5, 0.6) is 11.5 Å². The number of rotatable bonds is 7. The van der Waals surface area contributed by atoms with E-state index in [0.717, 1.165) is 16.8 Å². The number of amides is 1. The van der Waals surface area contributed by atoms with Crippen molar-refractivity contribution in [3.63, 3.8) is 0 Å². The highest BCUT2D eigenvalue weighted by Gasteiger charge is 2.33. The number of benzene rings is 2. The minimum absolute atomic E-state index is 0.0871. The highest BCUT2D eigenvalue weighted by molar-refractivity contribution is 8.18. The third-order valence-electron chi connectivity index (χ3n) is 4.45. The van der Waals surface area contributed by atoms with Crippen molar-refractivity contribution >= 4 is 34.6 Å². The van der Waals surface area contributed by atoms with Gasteiger partial charge >= 0.3 is 0 Å². The van der Waals surface area contributed by atoms with Crippen molar-refractivity contribution in [2.24, 2.45) is 4.99 Å². The molecule has 2 aromatic carbocycles. The van der Waals surface area contributed by atoms with E-state index < -0.39 is 0 Å². The molecule has 1 heterocycles. The quantitative estimate of drug-likeness (QED) is 0.636. The first-order valence-electron chi connectivity index (χ1n) is 9.14. The molecule has 1 saturated heterocycles. The number of aliphatic imine (C=N–C) groups is 1. The maximum atomic E-state index is 13.0. The summed E-state index contributed by atoms with van der Waals surface area (Å²) in [6, 6.07) is 13.4. The molecule has 0 N–H and O–H groups in total. The fraction of sp³-hybridized carbons (Fsp3) is 0.273. The number of thioether (sulfide) groups is 1. The zero-order chi connectivity index (χ0) is 20.8. The molecule has 0 saturated carbocycles. The number of hydrogen-bond donors (Lipinski definition) is 0. The number of nitrogens with zero attached hydrogens (tertiary/aromatic N) is 2. The molecule has 0 spiro atoms. The summed E-state index contributed by atoms with van der Waals surface area (Å²) < 4.78 is 15.9.